The number of amides is 1. The number of aliphatic hydroxyl groups is 1. The second-order valence-corrected chi connectivity index (χ2v) is 6.96. The molecular formula is C24H18ClNO2. The van der Waals surface area contributed by atoms with Gasteiger partial charge in [-0.25, -0.2) is 0 Å². The SMILES string of the molecule is O=C(Nc1ccc(Cl)cc1[C@H](O)c1ccccc1)c1cccc2ccccc12. The summed E-state index contributed by atoms with van der Waals surface area (Å²) in [6, 6.07) is 27.7. The van der Waals surface area contributed by atoms with Gasteiger partial charge in [0.15, 0.2) is 0 Å². The molecule has 4 aromatic rings. The molecule has 2 N–H and O–H groups in total. The van der Waals surface area contributed by atoms with Crippen molar-refractivity contribution in [1.29, 1.82) is 0 Å². The highest BCUT2D eigenvalue weighted by atomic mass is 35.5. The van der Waals surface area contributed by atoms with E-state index in [1.807, 2.05) is 66.7 Å². The third-order valence-electron chi connectivity index (χ3n) is 4.71. The molecular weight excluding hydrogens is 370 g/mol. The van der Waals surface area contributed by atoms with Crippen LogP contribution in [0, 0.1) is 0 Å². The number of hydrogen-bond acceptors (Lipinski definition) is 2. The van der Waals surface area contributed by atoms with Crippen molar-refractivity contribution in [2.45, 2.75) is 6.10 Å². The zero-order chi connectivity index (χ0) is 19.5. The normalized spacial score (nSPS) is 11.9. The maximum atomic E-state index is 13.0. The summed E-state index contributed by atoms with van der Waals surface area (Å²) in [4.78, 5) is 13.0. The first-order valence-corrected chi connectivity index (χ1v) is 9.33. The van der Waals surface area contributed by atoms with E-state index in [0.29, 0.717) is 21.8 Å². The van der Waals surface area contributed by atoms with Gasteiger partial charge in [-0.05, 0) is 40.6 Å². The van der Waals surface area contributed by atoms with Gasteiger partial charge in [-0.15, -0.1) is 0 Å². The summed E-state index contributed by atoms with van der Waals surface area (Å²) in [6.07, 6.45) is -0.900. The van der Waals surface area contributed by atoms with Crippen LogP contribution in [0.3, 0.4) is 0 Å². The molecule has 4 aromatic carbocycles. The molecule has 138 valence electrons. The predicted octanol–water partition coefficient (Wildman–Crippen LogP) is 5.83. The summed E-state index contributed by atoms with van der Waals surface area (Å²) in [6.45, 7) is 0. The van der Waals surface area contributed by atoms with Crippen molar-refractivity contribution in [3.8, 4) is 0 Å². The van der Waals surface area contributed by atoms with E-state index in [4.69, 9.17) is 11.6 Å². The number of benzene rings is 4. The molecule has 1 amide bonds. The fourth-order valence-electron chi connectivity index (χ4n) is 3.30. The van der Waals surface area contributed by atoms with Crippen molar-refractivity contribution in [3.63, 3.8) is 0 Å². The van der Waals surface area contributed by atoms with Crippen LogP contribution >= 0.6 is 11.6 Å². The van der Waals surface area contributed by atoms with Gasteiger partial charge in [-0.2, -0.15) is 0 Å². The van der Waals surface area contributed by atoms with Gasteiger partial charge in [0.2, 0.25) is 0 Å². The van der Waals surface area contributed by atoms with E-state index in [-0.39, 0.29) is 5.91 Å². The summed E-state index contributed by atoms with van der Waals surface area (Å²) in [5.41, 5.74) is 2.38. The van der Waals surface area contributed by atoms with E-state index >= 15 is 0 Å². The molecule has 0 aromatic heterocycles. The van der Waals surface area contributed by atoms with Crippen LogP contribution in [0.5, 0.6) is 0 Å². The number of fused-ring (bicyclic) bond motifs is 1. The highest BCUT2D eigenvalue weighted by Gasteiger charge is 2.18. The molecule has 3 nitrogen and oxygen atoms in total. The lowest BCUT2D eigenvalue weighted by atomic mass is 9.99. The van der Waals surface area contributed by atoms with Crippen LogP contribution in [-0.4, -0.2) is 11.0 Å². The topological polar surface area (TPSA) is 49.3 Å². The Hall–Kier alpha value is -3.14. The smallest absolute Gasteiger partial charge is 0.256 e. The fraction of sp³-hybridized carbons (Fsp3) is 0.0417. The molecule has 0 aliphatic rings. The van der Waals surface area contributed by atoms with Crippen LogP contribution in [0.1, 0.15) is 27.6 Å². The van der Waals surface area contributed by atoms with Crippen molar-refractivity contribution in [3.05, 3.63) is 113 Å². The Bertz CT molecular complexity index is 1140. The zero-order valence-corrected chi connectivity index (χ0v) is 15.7. The molecule has 1 atom stereocenters. The molecule has 0 saturated carbocycles. The van der Waals surface area contributed by atoms with Gasteiger partial charge in [0.1, 0.15) is 6.10 Å². The Morgan fingerprint density at radius 3 is 2.39 bits per heavy atom. The van der Waals surface area contributed by atoms with Crippen LogP contribution in [0.4, 0.5) is 5.69 Å². The Kier molecular flexibility index (Phi) is 5.11. The second kappa shape index (κ2) is 7.85. The number of nitrogens with one attached hydrogen (secondary N) is 1. The molecule has 0 bridgehead atoms. The predicted molar refractivity (Wildman–Crippen MR) is 114 cm³/mol. The van der Waals surface area contributed by atoms with Crippen molar-refractivity contribution < 1.29 is 9.90 Å². The van der Waals surface area contributed by atoms with Crippen LogP contribution in [-0.2, 0) is 0 Å². The third-order valence-corrected chi connectivity index (χ3v) is 4.94. The van der Waals surface area contributed by atoms with Crippen molar-refractivity contribution in [1.82, 2.24) is 0 Å². The molecule has 0 radical (unpaired) electrons. The molecule has 4 heteroatoms. The highest BCUT2D eigenvalue weighted by Crippen LogP contribution is 2.31. The molecule has 0 fully saturated rings. The number of halogens is 1. The van der Waals surface area contributed by atoms with E-state index in [1.165, 1.54) is 0 Å². The number of carbonyl (C=O) groups excluding carboxylic acids is 1. The molecule has 4 rings (SSSR count). The van der Waals surface area contributed by atoms with E-state index < -0.39 is 6.10 Å². The Morgan fingerprint density at radius 2 is 1.57 bits per heavy atom. The highest BCUT2D eigenvalue weighted by molar-refractivity contribution is 6.30. The third kappa shape index (κ3) is 3.63. The lowest BCUT2D eigenvalue weighted by Crippen LogP contribution is -2.15. The minimum Gasteiger partial charge on any atom is -0.384 e. The van der Waals surface area contributed by atoms with E-state index in [9.17, 15) is 9.90 Å². The molecule has 0 aliphatic heterocycles. The molecule has 0 spiro atoms. The molecule has 0 saturated heterocycles. The number of hydrogen-bond donors (Lipinski definition) is 2. The summed E-state index contributed by atoms with van der Waals surface area (Å²) < 4.78 is 0. The molecule has 0 heterocycles. The second-order valence-electron chi connectivity index (χ2n) is 6.53. The van der Waals surface area contributed by atoms with Gasteiger partial charge in [0.05, 0.1) is 0 Å². The average Bonchev–Trinajstić information content (AvgIpc) is 2.74. The van der Waals surface area contributed by atoms with Crippen LogP contribution in [0.25, 0.3) is 10.8 Å². The van der Waals surface area contributed by atoms with Crippen LogP contribution in [0.15, 0.2) is 91.0 Å². The molecule has 28 heavy (non-hydrogen) atoms. The van der Waals surface area contributed by atoms with Crippen LogP contribution in [0.2, 0.25) is 5.02 Å². The first-order chi connectivity index (χ1) is 13.6. The minimum absolute atomic E-state index is 0.236. The largest absolute Gasteiger partial charge is 0.384 e. The first-order valence-electron chi connectivity index (χ1n) is 8.95. The van der Waals surface area contributed by atoms with E-state index in [1.54, 1.807) is 24.3 Å². The zero-order valence-electron chi connectivity index (χ0n) is 15.0. The standard InChI is InChI=1S/C24H18ClNO2/c25-18-13-14-22(21(15-18)23(27)17-8-2-1-3-9-17)26-24(28)20-12-6-10-16-7-4-5-11-19(16)20/h1-15,23,27H,(H,26,28)/t23-/m1/s1. The van der Waals surface area contributed by atoms with Gasteiger partial charge in [0, 0.05) is 21.8 Å². The van der Waals surface area contributed by atoms with Gasteiger partial charge < -0.3 is 10.4 Å². The summed E-state index contributed by atoms with van der Waals surface area (Å²) in [5.74, 6) is -0.236. The van der Waals surface area contributed by atoms with Gasteiger partial charge in [-0.1, -0.05) is 78.3 Å². The quantitative estimate of drug-likeness (QED) is 0.463. The number of anilines is 1. The monoisotopic (exact) mass is 387 g/mol. The van der Waals surface area contributed by atoms with E-state index in [2.05, 4.69) is 5.32 Å². The van der Waals surface area contributed by atoms with Gasteiger partial charge in [-0.3, -0.25) is 4.79 Å². The number of carbonyl (C=O) groups is 1. The number of rotatable bonds is 4. The Labute approximate surface area is 168 Å². The van der Waals surface area contributed by atoms with Gasteiger partial charge in [0.25, 0.3) is 5.91 Å². The maximum absolute atomic E-state index is 13.0. The summed E-state index contributed by atoms with van der Waals surface area (Å²) in [5, 5.41) is 16.1. The number of aliphatic hydroxyl groups excluding tert-OH is 1. The van der Waals surface area contributed by atoms with Gasteiger partial charge >= 0.3 is 0 Å². The van der Waals surface area contributed by atoms with Crippen molar-refractivity contribution in [2.75, 3.05) is 5.32 Å². The lowest BCUT2D eigenvalue weighted by Gasteiger charge is -2.17. The molecule has 0 unspecified atom stereocenters. The minimum atomic E-state index is -0.900. The Morgan fingerprint density at radius 1 is 0.857 bits per heavy atom. The van der Waals surface area contributed by atoms with E-state index in [0.717, 1.165) is 16.3 Å². The van der Waals surface area contributed by atoms with Crippen molar-refractivity contribution in [2.24, 2.45) is 0 Å². The summed E-state index contributed by atoms with van der Waals surface area (Å²) in [7, 11) is 0. The average molecular weight is 388 g/mol. The van der Waals surface area contributed by atoms with Crippen molar-refractivity contribution >= 4 is 34.0 Å². The maximum Gasteiger partial charge on any atom is 0.256 e. The van der Waals surface area contributed by atoms with Crippen LogP contribution < -0.4 is 5.32 Å². The Balaban J connectivity index is 1.71. The lowest BCUT2D eigenvalue weighted by molar-refractivity contribution is 0.102. The first kappa shape index (κ1) is 18.2. The molecule has 0 aliphatic carbocycles. The fourth-order valence-corrected chi connectivity index (χ4v) is 3.48. The summed E-state index contributed by atoms with van der Waals surface area (Å²) >= 11 is 6.16.